The summed E-state index contributed by atoms with van der Waals surface area (Å²) in [4.78, 5) is 4.44. The molecule has 1 heterocycles. The predicted octanol–water partition coefficient (Wildman–Crippen LogP) is 3.16. The van der Waals surface area contributed by atoms with Crippen molar-refractivity contribution in [1.82, 2.24) is 15.1 Å². The molecule has 2 aromatic carbocycles. The van der Waals surface area contributed by atoms with Crippen LogP contribution in [0.4, 0.5) is 8.78 Å². The maximum Gasteiger partial charge on any atom is 0.169 e. The van der Waals surface area contributed by atoms with Gasteiger partial charge in [-0.05, 0) is 47.6 Å². The smallest absolute Gasteiger partial charge is 0.169 e. The third-order valence-electron chi connectivity index (χ3n) is 4.31. The molecule has 0 unspecified atom stereocenters. The highest BCUT2D eigenvalue weighted by Crippen LogP contribution is 2.10. The van der Waals surface area contributed by atoms with Crippen LogP contribution in [0.5, 0.6) is 0 Å². The number of nitrogens with one attached hydrogen (secondary N) is 1. The number of nitrogens with zero attached hydrogens (tertiary/aromatic N) is 2. The van der Waals surface area contributed by atoms with E-state index >= 15 is 0 Å². The second kappa shape index (κ2) is 8.36. The van der Waals surface area contributed by atoms with Crippen molar-refractivity contribution >= 4 is 17.3 Å². The average molecular weight is 361 g/mol. The lowest BCUT2D eigenvalue weighted by molar-refractivity contribution is 0.174. The van der Waals surface area contributed by atoms with Crippen molar-refractivity contribution in [3.63, 3.8) is 0 Å². The van der Waals surface area contributed by atoms with Crippen molar-refractivity contribution in [2.45, 2.75) is 13.1 Å². The van der Waals surface area contributed by atoms with Gasteiger partial charge in [-0.15, -0.1) is 0 Å². The fourth-order valence-electron chi connectivity index (χ4n) is 2.89. The molecule has 1 aliphatic heterocycles. The standard InChI is InChI=1S/C19H21F2N3S/c20-17-6-4-15(5-7-17)13-22-19(25)24-10-8-23(9-11-24)14-16-2-1-3-18(21)12-16/h1-7,12H,8-11,13-14H2,(H,22,25). The lowest BCUT2D eigenvalue weighted by Gasteiger charge is -2.36. The van der Waals surface area contributed by atoms with E-state index in [2.05, 4.69) is 15.1 Å². The maximum atomic E-state index is 13.3. The molecule has 0 atom stereocenters. The molecule has 132 valence electrons. The summed E-state index contributed by atoms with van der Waals surface area (Å²) in [5.41, 5.74) is 1.99. The molecule has 0 aliphatic carbocycles. The fraction of sp³-hybridized carbons (Fsp3) is 0.316. The van der Waals surface area contributed by atoms with Crippen molar-refractivity contribution in [2.75, 3.05) is 26.2 Å². The summed E-state index contributed by atoms with van der Waals surface area (Å²) in [6.07, 6.45) is 0. The van der Waals surface area contributed by atoms with Crippen molar-refractivity contribution in [3.05, 3.63) is 71.3 Å². The first-order valence-corrected chi connectivity index (χ1v) is 8.75. The minimum Gasteiger partial charge on any atom is -0.358 e. The zero-order valence-corrected chi connectivity index (χ0v) is 14.7. The van der Waals surface area contributed by atoms with Crippen LogP contribution in [-0.2, 0) is 13.1 Å². The number of halogens is 2. The van der Waals surface area contributed by atoms with Crippen molar-refractivity contribution in [2.24, 2.45) is 0 Å². The van der Waals surface area contributed by atoms with E-state index in [9.17, 15) is 8.78 Å². The molecule has 0 amide bonds. The number of rotatable bonds is 4. The summed E-state index contributed by atoms with van der Waals surface area (Å²) in [6.45, 7) is 4.78. The van der Waals surface area contributed by atoms with Crippen LogP contribution < -0.4 is 5.32 Å². The van der Waals surface area contributed by atoms with Gasteiger partial charge < -0.3 is 10.2 Å². The fourth-order valence-corrected chi connectivity index (χ4v) is 3.15. The number of benzene rings is 2. The molecule has 0 spiro atoms. The quantitative estimate of drug-likeness (QED) is 0.843. The summed E-state index contributed by atoms with van der Waals surface area (Å²) in [7, 11) is 0. The van der Waals surface area contributed by atoms with E-state index in [-0.39, 0.29) is 11.6 Å². The first-order valence-electron chi connectivity index (χ1n) is 8.34. The van der Waals surface area contributed by atoms with Crippen molar-refractivity contribution < 1.29 is 8.78 Å². The molecule has 1 aliphatic rings. The molecule has 0 radical (unpaired) electrons. The molecule has 1 saturated heterocycles. The third kappa shape index (κ3) is 5.21. The Morgan fingerprint density at radius 3 is 2.32 bits per heavy atom. The number of hydrogen-bond donors (Lipinski definition) is 1. The van der Waals surface area contributed by atoms with Crippen LogP contribution in [0.15, 0.2) is 48.5 Å². The van der Waals surface area contributed by atoms with Gasteiger partial charge in [0.05, 0.1) is 0 Å². The van der Waals surface area contributed by atoms with E-state index in [1.807, 2.05) is 6.07 Å². The predicted molar refractivity (Wildman–Crippen MR) is 99.1 cm³/mol. The first-order chi connectivity index (χ1) is 12.1. The molecule has 0 saturated carbocycles. The van der Waals surface area contributed by atoms with Gasteiger partial charge in [0.15, 0.2) is 5.11 Å². The molecule has 25 heavy (non-hydrogen) atoms. The van der Waals surface area contributed by atoms with Gasteiger partial charge in [-0.25, -0.2) is 8.78 Å². The Bertz CT molecular complexity index is 713. The van der Waals surface area contributed by atoms with Crippen LogP contribution in [0.25, 0.3) is 0 Å². The van der Waals surface area contributed by atoms with E-state index in [1.165, 1.54) is 18.2 Å². The van der Waals surface area contributed by atoms with Crippen molar-refractivity contribution in [1.29, 1.82) is 0 Å². The lowest BCUT2D eigenvalue weighted by Crippen LogP contribution is -2.51. The average Bonchev–Trinajstić information content (AvgIpc) is 2.62. The van der Waals surface area contributed by atoms with E-state index in [0.717, 1.165) is 49.0 Å². The van der Waals surface area contributed by atoms with Crippen LogP contribution in [0.1, 0.15) is 11.1 Å². The topological polar surface area (TPSA) is 18.5 Å². The van der Waals surface area contributed by atoms with Crippen LogP contribution in [0.2, 0.25) is 0 Å². The number of hydrogen-bond acceptors (Lipinski definition) is 2. The Morgan fingerprint density at radius 2 is 1.64 bits per heavy atom. The molecule has 2 aromatic rings. The van der Waals surface area contributed by atoms with Gasteiger partial charge in [-0.1, -0.05) is 24.3 Å². The van der Waals surface area contributed by atoms with Gasteiger partial charge >= 0.3 is 0 Å². The molecular formula is C19H21F2N3S. The monoisotopic (exact) mass is 361 g/mol. The lowest BCUT2D eigenvalue weighted by atomic mass is 10.2. The number of thiocarbonyl (C=S) groups is 1. The molecule has 1 fully saturated rings. The van der Waals surface area contributed by atoms with E-state index in [4.69, 9.17) is 12.2 Å². The Balaban J connectivity index is 1.43. The van der Waals surface area contributed by atoms with Gasteiger partial charge in [-0.3, -0.25) is 4.90 Å². The summed E-state index contributed by atoms with van der Waals surface area (Å²) >= 11 is 5.46. The highest BCUT2D eigenvalue weighted by atomic mass is 32.1. The molecule has 0 aromatic heterocycles. The summed E-state index contributed by atoms with van der Waals surface area (Å²) in [5, 5.41) is 3.94. The van der Waals surface area contributed by atoms with Crippen LogP contribution >= 0.6 is 12.2 Å². The molecule has 1 N–H and O–H groups in total. The SMILES string of the molecule is Fc1ccc(CNC(=S)N2CCN(Cc3cccc(F)c3)CC2)cc1. The van der Waals surface area contributed by atoms with Crippen LogP contribution in [0, 0.1) is 11.6 Å². The Labute approximate surface area is 152 Å². The van der Waals surface area contributed by atoms with Crippen LogP contribution in [-0.4, -0.2) is 41.1 Å². The summed E-state index contributed by atoms with van der Waals surface area (Å²) in [5.74, 6) is -0.428. The molecule has 3 nitrogen and oxygen atoms in total. The first kappa shape index (κ1) is 17.8. The van der Waals surface area contributed by atoms with Gasteiger partial charge in [0.1, 0.15) is 11.6 Å². The summed E-state index contributed by atoms with van der Waals surface area (Å²) in [6, 6.07) is 13.1. The Morgan fingerprint density at radius 1 is 0.920 bits per heavy atom. The highest BCUT2D eigenvalue weighted by Gasteiger charge is 2.18. The molecular weight excluding hydrogens is 340 g/mol. The zero-order chi connectivity index (χ0) is 17.6. The highest BCUT2D eigenvalue weighted by molar-refractivity contribution is 7.80. The minimum atomic E-state index is -0.235. The zero-order valence-electron chi connectivity index (χ0n) is 13.9. The van der Waals surface area contributed by atoms with E-state index in [0.29, 0.717) is 6.54 Å². The number of piperazine rings is 1. The molecule has 6 heteroatoms. The minimum absolute atomic E-state index is 0.192. The molecule has 0 bridgehead atoms. The van der Waals surface area contributed by atoms with E-state index in [1.54, 1.807) is 24.3 Å². The second-order valence-corrected chi connectivity index (χ2v) is 6.56. The maximum absolute atomic E-state index is 13.3. The van der Waals surface area contributed by atoms with Gasteiger partial charge in [-0.2, -0.15) is 0 Å². The Hall–Kier alpha value is -2.05. The largest absolute Gasteiger partial charge is 0.358 e. The van der Waals surface area contributed by atoms with Gasteiger partial charge in [0.25, 0.3) is 0 Å². The summed E-state index contributed by atoms with van der Waals surface area (Å²) < 4.78 is 26.2. The normalized spacial score (nSPS) is 15.2. The second-order valence-electron chi connectivity index (χ2n) is 6.18. The van der Waals surface area contributed by atoms with E-state index < -0.39 is 0 Å². The van der Waals surface area contributed by atoms with Gasteiger partial charge in [0.2, 0.25) is 0 Å². The van der Waals surface area contributed by atoms with Gasteiger partial charge in [0, 0.05) is 39.3 Å². The van der Waals surface area contributed by atoms with Crippen LogP contribution in [0.3, 0.4) is 0 Å². The van der Waals surface area contributed by atoms with Crippen molar-refractivity contribution in [3.8, 4) is 0 Å². The third-order valence-corrected chi connectivity index (χ3v) is 4.71. The molecule has 3 rings (SSSR count). The Kier molecular flexibility index (Phi) is 5.94.